The van der Waals surface area contributed by atoms with Gasteiger partial charge in [-0.2, -0.15) is 0 Å². The van der Waals surface area contributed by atoms with Crippen LogP contribution in [0.5, 0.6) is 5.75 Å². The number of carbonyl (C=O) groups is 1. The molecule has 1 atom stereocenters. The number of methoxy groups -OCH3 is 1. The normalized spacial score (nSPS) is 11.6. The number of nitrogens with one attached hydrogen (secondary N) is 1. The van der Waals surface area contributed by atoms with Gasteiger partial charge in [-0.25, -0.2) is 0 Å². The molecule has 0 aliphatic carbocycles. The van der Waals surface area contributed by atoms with Crippen molar-refractivity contribution < 1.29 is 9.53 Å². The predicted molar refractivity (Wildman–Crippen MR) is 98.2 cm³/mol. The van der Waals surface area contributed by atoms with Crippen molar-refractivity contribution in [1.29, 1.82) is 0 Å². The minimum atomic E-state index is -0.489. The highest BCUT2D eigenvalue weighted by Crippen LogP contribution is 2.29. The van der Waals surface area contributed by atoms with Crippen molar-refractivity contribution >= 4 is 5.91 Å². The Morgan fingerprint density at radius 1 is 1.12 bits per heavy atom. The van der Waals surface area contributed by atoms with Crippen LogP contribution in [0.2, 0.25) is 0 Å². The van der Waals surface area contributed by atoms with Crippen LogP contribution in [0.15, 0.2) is 71.8 Å². The smallest absolute Gasteiger partial charge is 0.253 e. The molecule has 0 unspecified atom stereocenters. The number of ether oxygens (including phenoxy) is 1. The molecule has 0 spiro atoms. The van der Waals surface area contributed by atoms with Gasteiger partial charge in [-0.1, -0.05) is 24.3 Å². The lowest BCUT2D eigenvalue weighted by atomic mass is 10.0. The average molecular weight is 349 g/mol. The van der Waals surface area contributed by atoms with Crippen LogP contribution in [0, 0.1) is 0 Å². The zero-order chi connectivity index (χ0) is 18.5. The van der Waals surface area contributed by atoms with Crippen LogP contribution in [0.25, 0.3) is 0 Å². The summed E-state index contributed by atoms with van der Waals surface area (Å²) in [6.45, 7) is 0. The number of rotatable bonds is 5. The van der Waals surface area contributed by atoms with Crippen molar-refractivity contribution in [3.05, 3.63) is 94.2 Å². The van der Waals surface area contributed by atoms with E-state index < -0.39 is 6.04 Å². The molecule has 132 valence electrons. The molecule has 26 heavy (non-hydrogen) atoms. The Bertz CT molecular complexity index is 967. The number of nitrogens with zero attached hydrogens (tertiary/aromatic N) is 2. The molecule has 2 aromatic heterocycles. The summed E-state index contributed by atoms with van der Waals surface area (Å²) in [5, 5.41) is 2.99. The van der Waals surface area contributed by atoms with Gasteiger partial charge in [-0.05, 0) is 24.3 Å². The Kier molecular flexibility index (Phi) is 5.12. The number of amides is 1. The van der Waals surface area contributed by atoms with Gasteiger partial charge in [0, 0.05) is 31.1 Å². The maximum absolute atomic E-state index is 12.8. The summed E-state index contributed by atoms with van der Waals surface area (Å²) >= 11 is 0. The first kappa shape index (κ1) is 17.4. The molecule has 3 rings (SSSR count). The summed E-state index contributed by atoms with van der Waals surface area (Å²) in [7, 11) is 3.19. The van der Waals surface area contributed by atoms with E-state index in [0.29, 0.717) is 17.0 Å². The first-order valence-electron chi connectivity index (χ1n) is 8.11. The summed E-state index contributed by atoms with van der Waals surface area (Å²) < 4.78 is 6.81. The van der Waals surface area contributed by atoms with E-state index in [9.17, 15) is 9.59 Å². The van der Waals surface area contributed by atoms with Crippen LogP contribution in [0.4, 0.5) is 0 Å². The molecule has 0 saturated heterocycles. The van der Waals surface area contributed by atoms with E-state index in [1.807, 2.05) is 42.5 Å². The fraction of sp³-hybridized carbons (Fsp3) is 0.150. The lowest BCUT2D eigenvalue weighted by molar-refractivity contribution is 0.0941. The van der Waals surface area contributed by atoms with Gasteiger partial charge in [0.2, 0.25) is 5.56 Å². The van der Waals surface area contributed by atoms with Gasteiger partial charge in [0.25, 0.3) is 5.91 Å². The first-order chi connectivity index (χ1) is 12.6. The number of carbonyl (C=O) groups excluding carboxylic acids is 1. The van der Waals surface area contributed by atoms with E-state index >= 15 is 0 Å². The van der Waals surface area contributed by atoms with Gasteiger partial charge in [0.05, 0.1) is 18.4 Å². The third-order valence-electron chi connectivity index (χ3n) is 4.06. The maximum atomic E-state index is 12.8. The number of hydrogen-bond acceptors (Lipinski definition) is 4. The van der Waals surface area contributed by atoms with Crippen molar-refractivity contribution in [2.45, 2.75) is 6.04 Å². The van der Waals surface area contributed by atoms with E-state index in [1.165, 1.54) is 22.9 Å². The third kappa shape index (κ3) is 3.64. The van der Waals surface area contributed by atoms with Crippen molar-refractivity contribution in [1.82, 2.24) is 14.9 Å². The SMILES string of the molecule is COc1ccccc1[C@H](NC(=O)c1ccc(=O)n(C)c1)c1ccccn1. The zero-order valence-electron chi connectivity index (χ0n) is 14.5. The topological polar surface area (TPSA) is 73.2 Å². The average Bonchev–Trinajstić information content (AvgIpc) is 2.68. The molecule has 0 fully saturated rings. The second-order valence-corrected chi connectivity index (χ2v) is 5.77. The highest BCUT2D eigenvalue weighted by atomic mass is 16.5. The fourth-order valence-electron chi connectivity index (χ4n) is 2.71. The quantitative estimate of drug-likeness (QED) is 0.767. The van der Waals surface area contributed by atoms with Gasteiger partial charge in [-0.15, -0.1) is 0 Å². The molecular weight excluding hydrogens is 330 g/mol. The molecule has 1 N–H and O–H groups in total. The molecule has 0 saturated carbocycles. The Hall–Kier alpha value is -3.41. The van der Waals surface area contributed by atoms with E-state index in [0.717, 1.165) is 5.56 Å². The molecule has 0 bridgehead atoms. The fourth-order valence-corrected chi connectivity index (χ4v) is 2.71. The summed E-state index contributed by atoms with van der Waals surface area (Å²) in [4.78, 5) is 28.7. The minimum absolute atomic E-state index is 0.174. The summed E-state index contributed by atoms with van der Waals surface area (Å²) in [5.41, 5.74) is 1.71. The Labute approximate surface area is 151 Å². The molecule has 6 heteroatoms. The van der Waals surface area contributed by atoms with E-state index in [1.54, 1.807) is 20.4 Å². The van der Waals surface area contributed by atoms with Crippen molar-refractivity contribution in [2.24, 2.45) is 7.05 Å². The van der Waals surface area contributed by atoms with Crippen LogP contribution < -0.4 is 15.6 Å². The van der Waals surface area contributed by atoms with Gasteiger partial charge < -0.3 is 14.6 Å². The molecule has 0 radical (unpaired) electrons. The largest absolute Gasteiger partial charge is 0.496 e. The third-order valence-corrected chi connectivity index (χ3v) is 4.06. The van der Waals surface area contributed by atoms with Crippen LogP contribution in [0.1, 0.15) is 27.7 Å². The monoisotopic (exact) mass is 349 g/mol. The van der Waals surface area contributed by atoms with E-state index in [2.05, 4.69) is 10.3 Å². The van der Waals surface area contributed by atoms with Crippen LogP contribution in [-0.2, 0) is 7.05 Å². The number of aromatic nitrogens is 2. The zero-order valence-corrected chi connectivity index (χ0v) is 14.5. The number of para-hydroxylation sites is 1. The molecular formula is C20H19N3O3. The van der Waals surface area contributed by atoms with E-state index in [4.69, 9.17) is 4.74 Å². The van der Waals surface area contributed by atoms with E-state index in [-0.39, 0.29) is 11.5 Å². The summed E-state index contributed by atoms with van der Waals surface area (Å²) in [6.07, 6.45) is 3.19. The van der Waals surface area contributed by atoms with Crippen molar-refractivity contribution in [3.63, 3.8) is 0 Å². The van der Waals surface area contributed by atoms with Crippen LogP contribution >= 0.6 is 0 Å². The molecule has 1 aromatic carbocycles. The standard InChI is InChI=1S/C20H19N3O3/c1-23-13-14(10-11-18(23)24)20(25)22-19(16-8-5-6-12-21-16)15-7-3-4-9-17(15)26-2/h3-13,19H,1-2H3,(H,22,25)/t19-/m0/s1. The van der Waals surface area contributed by atoms with Crippen LogP contribution in [-0.4, -0.2) is 22.6 Å². The summed E-state index contributed by atoms with van der Waals surface area (Å²) in [6, 6.07) is 15.4. The predicted octanol–water partition coefficient (Wildman–Crippen LogP) is 2.31. The van der Waals surface area contributed by atoms with Gasteiger partial charge in [0.1, 0.15) is 11.8 Å². The van der Waals surface area contributed by atoms with Gasteiger partial charge in [0.15, 0.2) is 0 Å². The molecule has 2 heterocycles. The van der Waals surface area contributed by atoms with Crippen molar-refractivity contribution in [3.8, 4) is 5.75 Å². The highest BCUT2D eigenvalue weighted by Gasteiger charge is 2.22. The molecule has 0 aliphatic rings. The highest BCUT2D eigenvalue weighted by molar-refractivity contribution is 5.94. The Morgan fingerprint density at radius 3 is 2.58 bits per heavy atom. The van der Waals surface area contributed by atoms with Gasteiger partial charge in [-0.3, -0.25) is 14.6 Å². The molecule has 1 amide bonds. The molecule has 3 aromatic rings. The second kappa shape index (κ2) is 7.65. The van der Waals surface area contributed by atoms with Gasteiger partial charge >= 0.3 is 0 Å². The molecule has 6 nitrogen and oxygen atoms in total. The number of pyridine rings is 2. The summed E-state index contributed by atoms with van der Waals surface area (Å²) in [5.74, 6) is 0.353. The Morgan fingerprint density at radius 2 is 1.88 bits per heavy atom. The Balaban J connectivity index is 2.00. The minimum Gasteiger partial charge on any atom is -0.496 e. The number of aryl methyl sites for hydroxylation is 1. The first-order valence-corrected chi connectivity index (χ1v) is 8.11. The lowest BCUT2D eigenvalue weighted by Crippen LogP contribution is -2.31. The second-order valence-electron chi connectivity index (χ2n) is 5.77. The van der Waals surface area contributed by atoms with Crippen molar-refractivity contribution in [2.75, 3.05) is 7.11 Å². The maximum Gasteiger partial charge on any atom is 0.253 e. The van der Waals surface area contributed by atoms with Crippen LogP contribution in [0.3, 0.4) is 0 Å². The lowest BCUT2D eigenvalue weighted by Gasteiger charge is -2.21. The molecule has 0 aliphatic heterocycles. The number of hydrogen-bond donors (Lipinski definition) is 1. The number of benzene rings is 1.